The lowest BCUT2D eigenvalue weighted by Gasteiger charge is -2.20. The predicted molar refractivity (Wildman–Crippen MR) is 77.6 cm³/mol. The van der Waals surface area contributed by atoms with E-state index in [4.69, 9.17) is 18.0 Å². The summed E-state index contributed by atoms with van der Waals surface area (Å²) in [5, 5.41) is 0.949. The molecule has 0 saturated carbocycles. The minimum atomic E-state index is -0.0160. The van der Waals surface area contributed by atoms with Crippen molar-refractivity contribution >= 4 is 29.0 Å². The monoisotopic (exact) mass is 269 g/mol. The molecule has 1 heterocycles. The first kappa shape index (κ1) is 14.4. The molecule has 0 bridgehead atoms. The summed E-state index contributed by atoms with van der Waals surface area (Å²) in [6.45, 7) is 8.54. The molecule has 0 unspecified atom stereocenters. The van der Waals surface area contributed by atoms with E-state index in [0.717, 1.165) is 22.9 Å². The molecule has 94 valence electrons. The zero-order valence-corrected chi connectivity index (χ0v) is 12.4. The fraction of sp³-hybridized carbons (Fsp3) is 0.583. The summed E-state index contributed by atoms with van der Waals surface area (Å²) in [6, 6.07) is 0. The first-order chi connectivity index (χ1) is 7.86. The molecule has 0 radical (unpaired) electrons. The molecule has 2 N–H and O–H groups in total. The molecule has 1 aromatic rings. The third kappa shape index (κ3) is 3.92. The molecule has 0 saturated heterocycles. The van der Waals surface area contributed by atoms with Crippen molar-refractivity contribution in [3.05, 3.63) is 17.6 Å². The molecule has 1 rings (SSSR count). The lowest BCUT2D eigenvalue weighted by Crippen LogP contribution is -2.19. The minimum Gasteiger partial charge on any atom is -0.388 e. The van der Waals surface area contributed by atoms with Gasteiger partial charge in [0.25, 0.3) is 0 Å². The van der Waals surface area contributed by atoms with Gasteiger partial charge in [-0.1, -0.05) is 39.9 Å². The Hall–Kier alpha value is -0.680. The second-order valence-electron chi connectivity index (χ2n) is 4.87. The number of thiocarbonyl (C=S) groups is 1. The van der Waals surface area contributed by atoms with E-state index in [0.29, 0.717) is 10.7 Å². The Kier molecular flexibility index (Phi) is 4.89. The number of hydrogen-bond acceptors (Lipinski definition) is 4. The zero-order valence-electron chi connectivity index (χ0n) is 10.8. The topological polar surface area (TPSA) is 51.8 Å². The Labute approximate surface area is 113 Å². The molecule has 5 heteroatoms. The van der Waals surface area contributed by atoms with E-state index >= 15 is 0 Å². The van der Waals surface area contributed by atoms with Crippen LogP contribution in [0.5, 0.6) is 0 Å². The Balaban J connectivity index is 3.17. The highest BCUT2D eigenvalue weighted by atomic mass is 32.2. The quantitative estimate of drug-likeness (QED) is 0.673. The van der Waals surface area contributed by atoms with Crippen LogP contribution in [-0.4, -0.2) is 20.7 Å². The summed E-state index contributed by atoms with van der Waals surface area (Å²) in [7, 11) is 0. The van der Waals surface area contributed by atoms with Crippen LogP contribution in [-0.2, 0) is 5.41 Å². The molecule has 0 fully saturated rings. The number of nitrogens with two attached hydrogens (primary N) is 1. The Morgan fingerprint density at radius 1 is 1.47 bits per heavy atom. The van der Waals surface area contributed by atoms with E-state index in [1.54, 1.807) is 18.0 Å². The maximum Gasteiger partial charge on any atom is 0.124 e. The van der Waals surface area contributed by atoms with Crippen LogP contribution in [0, 0.1) is 0 Å². The molecular formula is C12H19N3S2. The van der Waals surface area contributed by atoms with Crippen LogP contribution >= 0.6 is 24.0 Å². The van der Waals surface area contributed by atoms with Crippen LogP contribution in [0.2, 0.25) is 0 Å². The second kappa shape index (κ2) is 5.78. The highest BCUT2D eigenvalue weighted by Crippen LogP contribution is 2.29. The van der Waals surface area contributed by atoms with Crippen LogP contribution < -0.4 is 5.73 Å². The molecule has 0 aliphatic rings. The van der Waals surface area contributed by atoms with Crippen molar-refractivity contribution in [2.24, 2.45) is 5.73 Å². The molecule has 17 heavy (non-hydrogen) atoms. The van der Waals surface area contributed by atoms with Crippen molar-refractivity contribution in [3.63, 3.8) is 0 Å². The van der Waals surface area contributed by atoms with Gasteiger partial charge in [0.1, 0.15) is 15.7 Å². The summed E-state index contributed by atoms with van der Waals surface area (Å²) >= 11 is 6.65. The van der Waals surface area contributed by atoms with Gasteiger partial charge >= 0.3 is 0 Å². The van der Waals surface area contributed by atoms with E-state index in [2.05, 4.69) is 37.7 Å². The van der Waals surface area contributed by atoms with Gasteiger partial charge in [-0.05, 0) is 12.2 Å². The molecule has 0 spiro atoms. The smallest absolute Gasteiger partial charge is 0.124 e. The molecule has 0 amide bonds. The van der Waals surface area contributed by atoms with Gasteiger partial charge in [0, 0.05) is 5.41 Å². The van der Waals surface area contributed by atoms with Crippen LogP contribution in [0.15, 0.2) is 11.2 Å². The highest BCUT2D eigenvalue weighted by molar-refractivity contribution is 7.99. The summed E-state index contributed by atoms with van der Waals surface area (Å²) < 4.78 is 0. The van der Waals surface area contributed by atoms with Crippen molar-refractivity contribution in [1.82, 2.24) is 9.97 Å². The highest BCUT2D eigenvalue weighted by Gasteiger charge is 2.21. The van der Waals surface area contributed by atoms with Crippen molar-refractivity contribution < 1.29 is 0 Å². The lowest BCUT2D eigenvalue weighted by molar-refractivity contribution is 0.547. The van der Waals surface area contributed by atoms with Crippen LogP contribution in [0.1, 0.15) is 45.5 Å². The number of hydrogen-bond donors (Lipinski definition) is 1. The Bertz CT molecular complexity index is 411. The van der Waals surface area contributed by atoms with Gasteiger partial charge in [0.05, 0.1) is 11.9 Å². The van der Waals surface area contributed by atoms with Crippen LogP contribution in [0.4, 0.5) is 0 Å². The average Bonchev–Trinajstić information content (AvgIpc) is 2.24. The van der Waals surface area contributed by atoms with Gasteiger partial charge in [-0.2, -0.15) is 0 Å². The predicted octanol–water partition coefficient (Wildman–Crippen LogP) is 2.91. The van der Waals surface area contributed by atoms with E-state index in [-0.39, 0.29) is 5.41 Å². The fourth-order valence-corrected chi connectivity index (χ4v) is 2.46. The van der Waals surface area contributed by atoms with Crippen molar-refractivity contribution in [3.8, 4) is 0 Å². The van der Waals surface area contributed by atoms with Gasteiger partial charge in [-0.3, -0.25) is 4.98 Å². The van der Waals surface area contributed by atoms with Gasteiger partial charge in [0.15, 0.2) is 0 Å². The van der Waals surface area contributed by atoms with E-state index < -0.39 is 0 Å². The van der Waals surface area contributed by atoms with Gasteiger partial charge in [-0.15, -0.1) is 11.8 Å². The summed E-state index contributed by atoms with van der Waals surface area (Å²) in [5.41, 5.74) is 7.19. The van der Waals surface area contributed by atoms with Gasteiger partial charge in [-0.25, -0.2) is 4.98 Å². The van der Waals surface area contributed by atoms with E-state index in [1.165, 1.54) is 0 Å². The molecular weight excluding hydrogens is 250 g/mol. The summed E-state index contributed by atoms with van der Waals surface area (Å²) in [4.78, 5) is 9.29. The third-order valence-corrected chi connectivity index (χ3v) is 3.53. The molecule has 0 aliphatic heterocycles. The molecule has 3 nitrogen and oxygen atoms in total. The number of rotatable bonds is 4. The maximum absolute atomic E-state index is 5.59. The molecule has 1 aromatic heterocycles. The maximum atomic E-state index is 5.59. The van der Waals surface area contributed by atoms with E-state index in [1.807, 2.05) is 0 Å². The minimum absolute atomic E-state index is 0.0160. The standard InChI is InChI=1S/C12H19N3S2/c1-5-6-17-11-9(12(2,3)4)14-7-8(15-11)10(13)16/h7H,5-6H2,1-4H3,(H2,13,16). The lowest BCUT2D eigenvalue weighted by atomic mass is 9.92. The Morgan fingerprint density at radius 2 is 2.12 bits per heavy atom. The second-order valence-corrected chi connectivity index (χ2v) is 6.40. The number of thioether (sulfide) groups is 1. The number of aromatic nitrogens is 2. The molecule has 0 aliphatic carbocycles. The summed E-state index contributed by atoms with van der Waals surface area (Å²) in [6.07, 6.45) is 2.77. The number of nitrogens with zero attached hydrogens (tertiary/aromatic N) is 2. The van der Waals surface area contributed by atoms with Gasteiger partial charge < -0.3 is 5.73 Å². The van der Waals surface area contributed by atoms with Crippen molar-refractivity contribution in [1.29, 1.82) is 0 Å². The third-order valence-electron chi connectivity index (χ3n) is 2.15. The normalized spacial score (nSPS) is 11.5. The first-order valence-corrected chi connectivity index (χ1v) is 7.05. The molecule has 0 aromatic carbocycles. The molecule has 0 atom stereocenters. The van der Waals surface area contributed by atoms with Gasteiger partial charge in [0.2, 0.25) is 0 Å². The average molecular weight is 269 g/mol. The Morgan fingerprint density at radius 3 is 2.59 bits per heavy atom. The fourth-order valence-electron chi connectivity index (χ4n) is 1.30. The van der Waals surface area contributed by atoms with Crippen LogP contribution in [0.25, 0.3) is 0 Å². The largest absolute Gasteiger partial charge is 0.388 e. The zero-order chi connectivity index (χ0) is 13.1. The van der Waals surface area contributed by atoms with Crippen molar-refractivity contribution in [2.75, 3.05) is 5.75 Å². The summed E-state index contributed by atoms with van der Waals surface area (Å²) in [5.74, 6) is 1.03. The van der Waals surface area contributed by atoms with Crippen molar-refractivity contribution in [2.45, 2.75) is 44.6 Å². The SMILES string of the molecule is CCCSc1nc(C(N)=S)cnc1C(C)(C)C. The van der Waals surface area contributed by atoms with Crippen LogP contribution in [0.3, 0.4) is 0 Å². The van der Waals surface area contributed by atoms with E-state index in [9.17, 15) is 0 Å². The first-order valence-electron chi connectivity index (χ1n) is 5.66.